The van der Waals surface area contributed by atoms with E-state index in [2.05, 4.69) is 15.9 Å². The molecule has 0 atom stereocenters. The van der Waals surface area contributed by atoms with Crippen LogP contribution in [0.5, 0.6) is 0 Å². The normalized spacial score (nSPS) is 10.6. The lowest BCUT2D eigenvalue weighted by Crippen LogP contribution is -2.00. The molecule has 14 heavy (non-hydrogen) atoms. The summed E-state index contributed by atoms with van der Waals surface area (Å²) in [4.78, 5) is 10.8. The maximum absolute atomic E-state index is 10.8. The average Bonchev–Trinajstić information content (AvgIpc) is 2.08. The van der Waals surface area contributed by atoms with Crippen LogP contribution in [0.1, 0.15) is 35.7 Å². The number of carboxylic acids is 1. The van der Waals surface area contributed by atoms with Gasteiger partial charge in [-0.1, -0.05) is 25.4 Å². The van der Waals surface area contributed by atoms with Crippen LogP contribution >= 0.6 is 27.5 Å². The minimum Gasteiger partial charge on any atom is -0.478 e. The van der Waals surface area contributed by atoms with Gasteiger partial charge < -0.3 is 5.11 Å². The molecule has 0 aliphatic heterocycles. The summed E-state index contributed by atoms with van der Waals surface area (Å²) >= 11 is 9.08. The van der Waals surface area contributed by atoms with Gasteiger partial charge in [0.05, 0.1) is 10.6 Å². The van der Waals surface area contributed by atoms with E-state index in [1.54, 1.807) is 6.07 Å². The second-order valence-corrected chi connectivity index (χ2v) is 4.56. The van der Waals surface area contributed by atoms with Gasteiger partial charge in [-0.3, -0.25) is 0 Å². The van der Waals surface area contributed by atoms with E-state index in [1.165, 1.54) is 0 Å². The zero-order chi connectivity index (χ0) is 10.9. The second kappa shape index (κ2) is 4.32. The third kappa shape index (κ3) is 2.28. The Bertz CT molecular complexity index is 375. The number of hydrogen-bond donors (Lipinski definition) is 1. The van der Waals surface area contributed by atoms with Crippen molar-refractivity contribution < 1.29 is 9.90 Å². The smallest absolute Gasteiger partial charge is 0.337 e. The van der Waals surface area contributed by atoms with E-state index < -0.39 is 5.97 Å². The van der Waals surface area contributed by atoms with Gasteiger partial charge in [-0.15, -0.1) is 0 Å². The Balaban J connectivity index is 3.35. The van der Waals surface area contributed by atoms with Crippen molar-refractivity contribution in [1.29, 1.82) is 0 Å². The number of halogens is 2. The van der Waals surface area contributed by atoms with E-state index in [0.717, 1.165) is 5.56 Å². The molecule has 1 rings (SSSR count). The molecule has 0 heterocycles. The first-order valence-corrected chi connectivity index (χ1v) is 5.32. The Labute approximate surface area is 96.0 Å². The van der Waals surface area contributed by atoms with E-state index in [1.807, 2.05) is 19.9 Å². The number of hydrogen-bond acceptors (Lipinski definition) is 1. The van der Waals surface area contributed by atoms with Crippen molar-refractivity contribution in [3.63, 3.8) is 0 Å². The van der Waals surface area contributed by atoms with Crippen LogP contribution < -0.4 is 0 Å². The van der Waals surface area contributed by atoms with E-state index in [-0.39, 0.29) is 16.5 Å². The number of carbonyl (C=O) groups is 1. The van der Waals surface area contributed by atoms with E-state index in [0.29, 0.717) is 4.47 Å². The van der Waals surface area contributed by atoms with Gasteiger partial charge in [0, 0.05) is 4.47 Å². The van der Waals surface area contributed by atoms with Crippen LogP contribution in [-0.2, 0) is 0 Å². The summed E-state index contributed by atoms with van der Waals surface area (Å²) in [7, 11) is 0. The largest absolute Gasteiger partial charge is 0.478 e. The van der Waals surface area contributed by atoms with Gasteiger partial charge in [-0.2, -0.15) is 0 Å². The molecule has 0 spiro atoms. The fraction of sp³-hybridized carbons (Fsp3) is 0.300. The summed E-state index contributed by atoms with van der Waals surface area (Å²) in [5, 5.41) is 9.14. The number of carboxylic acid groups (broad SMARTS) is 1. The lowest BCUT2D eigenvalue weighted by molar-refractivity contribution is 0.0697. The summed E-state index contributed by atoms with van der Waals surface area (Å²) in [5.41, 5.74) is 1.10. The van der Waals surface area contributed by atoms with Crippen molar-refractivity contribution in [1.82, 2.24) is 0 Å². The molecule has 0 bridgehead atoms. The quantitative estimate of drug-likeness (QED) is 0.889. The molecule has 0 amide bonds. The summed E-state index contributed by atoms with van der Waals surface area (Å²) in [6.07, 6.45) is 0. The third-order valence-electron chi connectivity index (χ3n) is 1.95. The summed E-state index contributed by atoms with van der Waals surface area (Å²) in [6.45, 7) is 4.00. The molecule has 0 aliphatic rings. The molecule has 0 unspecified atom stereocenters. The first-order valence-electron chi connectivity index (χ1n) is 4.15. The Hall–Kier alpha value is -0.540. The van der Waals surface area contributed by atoms with Crippen molar-refractivity contribution in [2.75, 3.05) is 0 Å². The van der Waals surface area contributed by atoms with Crippen molar-refractivity contribution >= 4 is 33.5 Å². The zero-order valence-electron chi connectivity index (χ0n) is 7.84. The zero-order valence-corrected chi connectivity index (χ0v) is 10.2. The monoisotopic (exact) mass is 276 g/mol. The van der Waals surface area contributed by atoms with Crippen LogP contribution in [0.2, 0.25) is 5.02 Å². The Morgan fingerprint density at radius 1 is 1.50 bits per heavy atom. The number of benzene rings is 1. The van der Waals surface area contributed by atoms with Gasteiger partial charge in [0.25, 0.3) is 0 Å². The van der Waals surface area contributed by atoms with Crippen LogP contribution in [0.25, 0.3) is 0 Å². The first-order chi connectivity index (χ1) is 6.43. The molecule has 0 saturated heterocycles. The van der Waals surface area contributed by atoms with Crippen molar-refractivity contribution in [2.45, 2.75) is 19.8 Å². The third-order valence-corrected chi connectivity index (χ3v) is 3.21. The highest BCUT2D eigenvalue weighted by atomic mass is 79.9. The second-order valence-electron chi connectivity index (χ2n) is 3.32. The molecule has 0 aliphatic carbocycles. The van der Waals surface area contributed by atoms with Crippen LogP contribution in [0.3, 0.4) is 0 Å². The Morgan fingerprint density at radius 3 is 2.50 bits per heavy atom. The van der Waals surface area contributed by atoms with E-state index >= 15 is 0 Å². The molecule has 0 saturated carbocycles. The molecular weight excluding hydrogens is 267 g/mol. The average molecular weight is 278 g/mol. The van der Waals surface area contributed by atoms with Crippen molar-refractivity contribution in [2.24, 2.45) is 0 Å². The molecule has 1 aromatic rings. The van der Waals surface area contributed by atoms with Gasteiger partial charge in [0.1, 0.15) is 0 Å². The fourth-order valence-electron chi connectivity index (χ4n) is 1.10. The highest BCUT2D eigenvalue weighted by Crippen LogP contribution is 2.30. The lowest BCUT2D eigenvalue weighted by Gasteiger charge is -2.09. The van der Waals surface area contributed by atoms with E-state index in [4.69, 9.17) is 16.7 Å². The number of aromatic carboxylic acids is 1. The van der Waals surface area contributed by atoms with E-state index in [9.17, 15) is 4.79 Å². The predicted molar refractivity (Wildman–Crippen MR) is 60.2 cm³/mol. The SMILES string of the molecule is CC(C)c1cc(Br)c(Cl)c(C(=O)O)c1. The van der Waals surface area contributed by atoms with Gasteiger partial charge in [0.15, 0.2) is 0 Å². The highest BCUT2D eigenvalue weighted by molar-refractivity contribution is 9.10. The lowest BCUT2D eigenvalue weighted by atomic mass is 10.0. The Morgan fingerprint density at radius 2 is 2.07 bits per heavy atom. The first kappa shape index (κ1) is 11.5. The molecule has 1 N–H and O–H groups in total. The number of rotatable bonds is 2. The van der Waals surface area contributed by atoms with Gasteiger partial charge in [-0.05, 0) is 39.5 Å². The van der Waals surface area contributed by atoms with Crippen LogP contribution in [-0.4, -0.2) is 11.1 Å². The fourth-order valence-corrected chi connectivity index (χ4v) is 1.77. The van der Waals surface area contributed by atoms with Crippen molar-refractivity contribution in [3.8, 4) is 0 Å². The van der Waals surface area contributed by atoms with Crippen molar-refractivity contribution in [3.05, 3.63) is 32.8 Å². The minimum atomic E-state index is -1.00. The summed E-state index contributed by atoms with van der Waals surface area (Å²) in [6, 6.07) is 3.46. The predicted octanol–water partition coefficient (Wildman–Crippen LogP) is 3.92. The topological polar surface area (TPSA) is 37.3 Å². The molecule has 1 aromatic carbocycles. The molecule has 76 valence electrons. The van der Waals surface area contributed by atoms with Crippen LogP contribution in [0.15, 0.2) is 16.6 Å². The molecule has 0 radical (unpaired) electrons. The summed E-state index contributed by atoms with van der Waals surface area (Å²) < 4.78 is 0.628. The molecular formula is C10H10BrClO2. The Kier molecular flexibility index (Phi) is 3.56. The van der Waals surface area contributed by atoms with Gasteiger partial charge in [-0.25, -0.2) is 4.79 Å². The molecule has 4 heteroatoms. The minimum absolute atomic E-state index is 0.143. The molecule has 2 nitrogen and oxygen atoms in total. The van der Waals surface area contributed by atoms with Gasteiger partial charge >= 0.3 is 5.97 Å². The van der Waals surface area contributed by atoms with Crippen LogP contribution in [0, 0.1) is 0 Å². The van der Waals surface area contributed by atoms with Crippen LogP contribution in [0.4, 0.5) is 0 Å². The maximum Gasteiger partial charge on any atom is 0.337 e. The standard InChI is InChI=1S/C10H10BrClO2/c1-5(2)6-3-7(10(13)14)9(12)8(11)4-6/h3-5H,1-2H3,(H,13,14). The highest BCUT2D eigenvalue weighted by Gasteiger charge is 2.14. The van der Waals surface area contributed by atoms with Gasteiger partial charge in [0.2, 0.25) is 0 Å². The molecule has 0 aromatic heterocycles. The summed E-state index contributed by atoms with van der Waals surface area (Å²) in [5.74, 6) is -0.722. The molecule has 0 fully saturated rings. The maximum atomic E-state index is 10.8.